The highest BCUT2D eigenvalue weighted by molar-refractivity contribution is 5.36. The van der Waals surface area contributed by atoms with Crippen LogP contribution in [0.4, 0.5) is 0 Å². The molecule has 0 spiro atoms. The summed E-state index contributed by atoms with van der Waals surface area (Å²) in [5.41, 5.74) is 0. The third kappa shape index (κ3) is 4.54. The Morgan fingerprint density at radius 1 is 1.00 bits per heavy atom. The van der Waals surface area contributed by atoms with Gasteiger partial charge in [0, 0.05) is 0 Å². The first-order valence-electron chi connectivity index (χ1n) is 1.51. The first kappa shape index (κ1) is 6.54. The zero-order valence-electron chi connectivity index (χ0n) is 3.68. The predicted octanol–water partition coefficient (Wildman–Crippen LogP) is -0.385. The molecule has 0 aliphatic heterocycles. The van der Waals surface area contributed by atoms with Crippen molar-refractivity contribution in [1.29, 1.82) is 0 Å². The van der Waals surface area contributed by atoms with Crippen LogP contribution in [-0.2, 0) is 19.3 Å². The third-order valence-corrected chi connectivity index (χ3v) is 0.214. The molecule has 0 aromatic carbocycles. The number of hydrogen-bond acceptors (Lipinski definition) is 6. The van der Waals surface area contributed by atoms with Crippen molar-refractivity contribution in [2.24, 2.45) is 10.6 Å². The van der Waals surface area contributed by atoms with E-state index in [-0.39, 0.29) is 12.9 Å². The van der Waals surface area contributed by atoms with Gasteiger partial charge >= 0.3 is 12.9 Å². The van der Waals surface area contributed by atoms with E-state index >= 15 is 0 Å². The normalized spacial score (nSPS) is 8.50. The maximum atomic E-state index is 9.25. The van der Waals surface area contributed by atoms with Gasteiger partial charge in [0.25, 0.3) is 0 Å². The fraction of sp³-hybridized carbons (Fsp3) is 0. The second kappa shape index (κ2) is 5.54. The van der Waals surface area contributed by atoms with Crippen molar-refractivity contribution in [1.82, 2.24) is 0 Å². The molecule has 0 aromatic heterocycles. The van der Waals surface area contributed by atoms with Crippen LogP contribution in [0.3, 0.4) is 0 Å². The highest BCUT2D eigenvalue weighted by Crippen LogP contribution is 1.72. The summed E-state index contributed by atoms with van der Waals surface area (Å²) < 4.78 is 0. The zero-order valence-corrected chi connectivity index (χ0v) is 3.68. The topological polar surface area (TPSA) is 77.3 Å². The van der Waals surface area contributed by atoms with E-state index in [0.29, 0.717) is 0 Å². The van der Waals surface area contributed by atoms with Gasteiger partial charge in [-0.15, -0.1) is 0 Å². The molecule has 0 aliphatic carbocycles. The van der Waals surface area contributed by atoms with Crippen LogP contribution in [-0.4, -0.2) is 12.9 Å². The summed E-state index contributed by atoms with van der Waals surface area (Å²) in [7, 11) is 0. The van der Waals surface area contributed by atoms with E-state index in [0.717, 1.165) is 0 Å². The maximum Gasteiger partial charge on any atom is 0.325 e. The number of hydrogen-bond donors (Lipinski definition) is 0. The van der Waals surface area contributed by atoms with Crippen LogP contribution >= 0.6 is 0 Å². The van der Waals surface area contributed by atoms with Crippen LogP contribution in [0.1, 0.15) is 0 Å². The van der Waals surface area contributed by atoms with Crippen LogP contribution in [0.2, 0.25) is 0 Å². The van der Waals surface area contributed by atoms with Gasteiger partial charge in [-0.2, -0.15) is 0 Å². The minimum atomic E-state index is 0.0393. The van der Waals surface area contributed by atoms with Gasteiger partial charge < -0.3 is 9.68 Å². The van der Waals surface area contributed by atoms with E-state index in [1.54, 1.807) is 0 Å². The number of rotatable bonds is 4. The smallest absolute Gasteiger partial charge is 0.301 e. The van der Waals surface area contributed by atoms with Crippen LogP contribution in [0.5, 0.6) is 0 Å². The molecule has 0 aliphatic rings. The largest absolute Gasteiger partial charge is 0.325 e. The summed E-state index contributed by atoms with van der Waals surface area (Å²) in [6, 6.07) is 0. The molecule has 0 bridgehead atoms. The highest BCUT2D eigenvalue weighted by atomic mass is 16.7. The van der Waals surface area contributed by atoms with E-state index < -0.39 is 0 Å². The Morgan fingerprint density at radius 2 is 1.38 bits per heavy atom. The van der Waals surface area contributed by atoms with Crippen LogP contribution in [0.25, 0.3) is 0 Å². The Kier molecular flexibility index (Phi) is 4.53. The van der Waals surface area contributed by atoms with E-state index in [1.807, 2.05) is 0 Å². The molecule has 6 heteroatoms. The SMILES string of the molecule is O=CON=NOC=O. The maximum absolute atomic E-state index is 9.25. The average molecular weight is 118 g/mol. The first-order valence-corrected chi connectivity index (χ1v) is 1.51. The van der Waals surface area contributed by atoms with Gasteiger partial charge in [-0.05, 0) is 0 Å². The predicted molar refractivity (Wildman–Crippen MR) is 19.2 cm³/mol. The van der Waals surface area contributed by atoms with Crippen molar-refractivity contribution < 1.29 is 19.3 Å². The second-order valence-corrected chi connectivity index (χ2v) is 0.567. The molecular formula is C2H2N2O4. The minimum Gasteiger partial charge on any atom is -0.301 e. The molecule has 0 aromatic rings. The average Bonchev–Trinajstić information content (AvgIpc) is 1.81. The molecule has 0 heterocycles. The van der Waals surface area contributed by atoms with E-state index in [4.69, 9.17) is 0 Å². The van der Waals surface area contributed by atoms with Gasteiger partial charge in [0.05, 0.1) is 10.6 Å². The molecule has 0 rings (SSSR count). The van der Waals surface area contributed by atoms with E-state index in [2.05, 4.69) is 20.2 Å². The molecule has 44 valence electrons. The number of nitrogens with zero attached hydrogens (tertiary/aromatic N) is 2. The van der Waals surface area contributed by atoms with Gasteiger partial charge in [-0.25, -0.2) is 0 Å². The van der Waals surface area contributed by atoms with Crippen molar-refractivity contribution in [2.75, 3.05) is 0 Å². The van der Waals surface area contributed by atoms with Crippen LogP contribution in [0.15, 0.2) is 10.6 Å². The lowest BCUT2D eigenvalue weighted by atomic mass is 11.6. The number of carbonyl (C=O) groups is 2. The molecule has 0 N–H and O–H groups in total. The van der Waals surface area contributed by atoms with E-state index in [1.165, 1.54) is 0 Å². The third-order valence-electron chi connectivity index (χ3n) is 0.214. The minimum absolute atomic E-state index is 0.0393. The molecular weight excluding hydrogens is 116 g/mol. The molecule has 0 radical (unpaired) electrons. The lowest BCUT2D eigenvalue weighted by molar-refractivity contribution is -0.136. The quantitative estimate of drug-likeness (QED) is 0.286. The summed E-state index contributed by atoms with van der Waals surface area (Å²) in [6.45, 7) is 0.0787. The Hall–Kier alpha value is -1.46. The Balaban J connectivity index is 3.06. The van der Waals surface area contributed by atoms with Gasteiger partial charge in [0.2, 0.25) is 0 Å². The van der Waals surface area contributed by atoms with E-state index in [9.17, 15) is 9.59 Å². The number of carbonyl (C=O) groups excluding carboxylic acids is 2. The fourth-order valence-electron chi connectivity index (χ4n) is 0.0770. The molecule has 0 amide bonds. The van der Waals surface area contributed by atoms with Crippen molar-refractivity contribution in [3.8, 4) is 0 Å². The molecule has 6 nitrogen and oxygen atoms in total. The molecule has 0 unspecified atom stereocenters. The Morgan fingerprint density at radius 3 is 1.62 bits per heavy atom. The molecule has 0 saturated carbocycles. The van der Waals surface area contributed by atoms with Gasteiger partial charge in [-0.1, -0.05) is 0 Å². The summed E-state index contributed by atoms with van der Waals surface area (Å²) in [5, 5.41) is 5.17. The summed E-state index contributed by atoms with van der Waals surface area (Å²) in [4.78, 5) is 25.8. The summed E-state index contributed by atoms with van der Waals surface area (Å²) >= 11 is 0. The molecule has 8 heavy (non-hydrogen) atoms. The van der Waals surface area contributed by atoms with Crippen LogP contribution in [0, 0.1) is 0 Å². The first-order chi connectivity index (χ1) is 3.91. The zero-order chi connectivity index (χ0) is 6.24. The van der Waals surface area contributed by atoms with Gasteiger partial charge in [0.15, 0.2) is 0 Å². The van der Waals surface area contributed by atoms with Gasteiger partial charge in [0.1, 0.15) is 0 Å². The molecule has 0 saturated heterocycles. The van der Waals surface area contributed by atoms with Gasteiger partial charge in [-0.3, -0.25) is 9.59 Å². The van der Waals surface area contributed by atoms with Crippen molar-refractivity contribution in [3.05, 3.63) is 0 Å². The summed E-state index contributed by atoms with van der Waals surface area (Å²) in [6.07, 6.45) is 0. The highest BCUT2D eigenvalue weighted by Gasteiger charge is 1.70. The summed E-state index contributed by atoms with van der Waals surface area (Å²) in [5.74, 6) is 0. The van der Waals surface area contributed by atoms with Crippen molar-refractivity contribution in [2.45, 2.75) is 0 Å². The molecule has 0 atom stereocenters. The van der Waals surface area contributed by atoms with Crippen molar-refractivity contribution >= 4 is 12.9 Å². The second-order valence-electron chi connectivity index (χ2n) is 0.567. The lowest BCUT2D eigenvalue weighted by Crippen LogP contribution is -1.75. The lowest BCUT2D eigenvalue weighted by Gasteiger charge is -1.76. The van der Waals surface area contributed by atoms with Crippen molar-refractivity contribution in [3.63, 3.8) is 0 Å². The standard InChI is InChI=1S/C2H2N2O4/c5-1-7-3-4-8-2-6/h1-2H. The molecule has 0 fully saturated rings. The Labute approximate surface area is 44.0 Å². The fourth-order valence-corrected chi connectivity index (χ4v) is 0.0770. The Bertz CT molecular complexity index is 88.2. The van der Waals surface area contributed by atoms with Crippen LogP contribution < -0.4 is 0 Å². The monoisotopic (exact) mass is 118 g/mol.